The molecule has 0 bridgehead atoms. The average Bonchev–Trinajstić information content (AvgIpc) is 2.21. The summed E-state index contributed by atoms with van der Waals surface area (Å²) in [5, 5.41) is 6.73. The van der Waals surface area contributed by atoms with E-state index in [4.69, 9.17) is 4.74 Å². The van der Waals surface area contributed by atoms with E-state index in [1.807, 2.05) is 6.92 Å². The predicted molar refractivity (Wildman–Crippen MR) is 61.8 cm³/mol. The lowest BCUT2D eigenvalue weighted by Crippen LogP contribution is -2.22. The van der Waals surface area contributed by atoms with Gasteiger partial charge in [-0.25, -0.2) is 0 Å². The monoisotopic (exact) mass is 202 g/mol. The van der Waals surface area contributed by atoms with Crippen molar-refractivity contribution in [2.75, 3.05) is 39.4 Å². The zero-order chi connectivity index (χ0) is 10.5. The van der Waals surface area contributed by atoms with Crippen LogP contribution in [-0.2, 0) is 4.74 Å². The van der Waals surface area contributed by atoms with Crippen molar-refractivity contribution < 1.29 is 4.74 Å². The fourth-order valence-corrected chi connectivity index (χ4v) is 1.24. The van der Waals surface area contributed by atoms with Crippen LogP contribution in [0.5, 0.6) is 0 Å². The van der Waals surface area contributed by atoms with Crippen molar-refractivity contribution in [3.8, 4) is 0 Å². The maximum absolute atomic E-state index is 5.26. The first kappa shape index (κ1) is 13.9. The summed E-state index contributed by atoms with van der Waals surface area (Å²) in [4.78, 5) is 0. The number of ether oxygens (including phenoxy) is 1. The Morgan fingerprint density at radius 1 is 0.857 bits per heavy atom. The van der Waals surface area contributed by atoms with Gasteiger partial charge >= 0.3 is 0 Å². The van der Waals surface area contributed by atoms with Crippen LogP contribution >= 0.6 is 0 Å². The van der Waals surface area contributed by atoms with Crippen molar-refractivity contribution in [1.82, 2.24) is 10.6 Å². The smallest absolute Gasteiger partial charge is 0.0466 e. The third-order valence-electron chi connectivity index (χ3n) is 2.05. The molecule has 0 amide bonds. The van der Waals surface area contributed by atoms with E-state index in [-0.39, 0.29) is 0 Å². The van der Waals surface area contributed by atoms with Gasteiger partial charge in [-0.2, -0.15) is 0 Å². The molecule has 0 heterocycles. The molecule has 3 heteroatoms. The zero-order valence-corrected chi connectivity index (χ0v) is 9.77. The number of hydrogen-bond acceptors (Lipinski definition) is 3. The summed E-state index contributed by atoms with van der Waals surface area (Å²) >= 11 is 0. The summed E-state index contributed by atoms with van der Waals surface area (Å²) in [6.45, 7) is 10.4. The predicted octanol–water partition coefficient (Wildman–Crippen LogP) is 1.39. The Kier molecular flexibility index (Phi) is 12.8. The van der Waals surface area contributed by atoms with Gasteiger partial charge in [-0.1, -0.05) is 6.92 Å². The maximum atomic E-state index is 5.26. The topological polar surface area (TPSA) is 33.3 Å². The van der Waals surface area contributed by atoms with E-state index >= 15 is 0 Å². The second-order valence-electron chi connectivity index (χ2n) is 3.36. The van der Waals surface area contributed by atoms with Crippen LogP contribution in [0.3, 0.4) is 0 Å². The Hall–Kier alpha value is -0.120. The van der Waals surface area contributed by atoms with Crippen molar-refractivity contribution in [1.29, 1.82) is 0 Å². The van der Waals surface area contributed by atoms with Crippen LogP contribution in [-0.4, -0.2) is 39.4 Å². The summed E-state index contributed by atoms with van der Waals surface area (Å²) in [5.41, 5.74) is 0. The average molecular weight is 202 g/mol. The summed E-state index contributed by atoms with van der Waals surface area (Å²) in [7, 11) is 0. The van der Waals surface area contributed by atoms with Gasteiger partial charge in [0.25, 0.3) is 0 Å². The molecule has 0 radical (unpaired) electrons. The fraction of sp³-hybridized carbons (Fsp3) is 1.00. The van der Waals surface area contributed by atoms with E-state index in [1.54, 1.807) is 0 Å². The molecule has 14 heavy (non-hydrogen) atoms. The van der Waals surface area contributed by atoms with E-state index in [1.165, 1.54) is 19.3 Å². The Labute approximate surface area is 88.6 Å². The van der Waals surface area contributed by atoms with Crippen molar-refractivity contribution in [2.45, 2.75) is 33.1 Å². The Balaban J connectivity index is 2.78. The first-order chi connectivity index (χ1) is 6.91. The van der Waals surface area contributed by atoms with Crippen molar-refractivity contribution >= 4 is 0 Å². The van der Waals surface area contributed by atoms with E-state index in [0.717, 1.165) is 39.4 Å². The van der Waals surface area contributed by atoms with Gasteiger partial charge in [-0.15, -0.1) is 0 Å². The van der Waals surface area contributed by atoms with Crippen molar-refractivity contribution in [3.05, 3.63) is 0 Å². The lowest BCUT2D eigenvalue weighted by atomic mass is 10.3. The lowest BCUT2D eigenvalue weighted by Gasteiger charge is -2.05. The number of hydrogen-bond donors (Lipinski definition) is 2. The molecular weight excluding hydrogens is 176 g/mol. The van der Waals surface area contributed by atoms with Gasteiger partial charge in [0, 0.05) is 13.2 Å². The highest BCUT2D eigenvalue weighted by molar-refractivity contribution is 4.51. The molecule has 3 nitrogen and oxygen atoms in total. The van der Waals surface area contributed by atoms with E-state index in [2.05, 4.69) is 17.6 Å². The van der Waals surface area contributed by atoms with Crippen molar-refractivity contribution in [2.24, 2.45) is 0 Å². The SMILES string of the molecule is CCNCCCNCCCCOCC. The van der Waals surface area contributed by atoms with Gasteiger partial charge in [-0.05, 0) is 52.4 Å². The zero-order valence-electron chi connectivity index (χ0n) is 9.77. The van der Waals surface area contributed by atoms with E-state index < -0.39 is 0 Å². The number of rotatable bonds is 11. The van der Waals surface area contributed by atoms with Crippen LogP contribution in [0.25, 0.3) is 0 Å². The highest BCUT2D eigenvalue weighted by Gasteiger charge is 1.89. The highest BCUT2D eigenvalue weighted by atomic mass is 16.5. The second kappa shape index (κ2) is 12.9. The molecule has 0 aromatic rings. The normalized spacial score (nSPS) is 10.7. The molecule has 0 aliphatic heterocycles. The van der Waals surface area contributed by atoms with E-state index in [0.29, 0.717) is 0 Å². The van der Waals surface area contributed by atoms with Gasteiger partial charge in [-0.3, -0.25) is 0 Å². The highest BCUT2D eigenvalue weighted by Crippen LogP contribution is 1.88. The molecule has 0 saturated heterocycles. The summed E-state index contributed by atoms with van der Waals surface area (Å²) in [5.74, 6) is 0. The molecule has 0 spiro atoms. The summed E-state index contributed by atoms with van der Waals surface area (Å²) in [6, 6.07) is 0. The molecule has 0 aromatic heterocycles. The Bertz CT molecular complexity index is 87.3. The third-order valence-corrected chi connectivity index (χ3v) is 2.05. The molecule has 0 aliphatic carbocycles. The minimum Gasteiger partial charge on any atom is -0.382 e. The first-order valence-electron chi connectivity index (χ1n) is 5.91. The van der Waals surface area contributed by atoms with Crippen LogP contribution in [0.4, 0.5) is 0 Å². The second-order valence-corrected chi connectivity index (χ2v) is 3.36. The number of unbranched alkanes of at least 4 members (excludes halogenated alkanes) is 1. The van der Waals surface area contributed by atoms with Crippen LogP contribution in [0.1, 0.15) is 33.1 Å². The minimum atomic E-state index is 0.843. The quantitative estimate of drug-likeness (QED) is 0.497. The standard InChI is InChI=1S/C11H26N2O/c1-3-12-9-7-10-13-8-5-6-11-14-4-2/h12-13H,3-11H2,1-2H3. The van der Waals surface area contributed by atoms with Gasteiger partial charge in [0.1, 0.15) is 0 Å². The summed E-state index contributed by atoms with van der Waals surface area (Å²) < 4.78 is 5.26. The fourth-order valence-electron chi connectivity index (χ4n) is 1.24. The first-order valence-corrected chi connectivity index (χ1v) is 5.91. The minimum absolute atomic E-state index is 0.843. The van der Waals surface area contributed by atoms with Crippen LogP contribution in [0, 0.1) is 0 Å². The Morgan fingerprint density at radius 2 is 1.57 bits per heavy atom. The Morgan fingerprint density at radius 3 is 2.29 bits per heavy atom. The molecule has 0 saturated carbocycles. The van der Waals surface area contributed by atoms with Crippen LogP contribution < -0.4 is 10.6 Å². The third kappa shape index (κ3) is 11.9. The molecule has 0 fully saturated rings. The molecule has 0 aromatic carbocycles. The van der Waals surface area contributed by atoms with Crippen LogP contribution in [0.15, 0.2) is 0 Å². The van der Waals surface area contributed by atoms with E-state index in [9.17, 15) is 0 Å². The molecule has 0 unspecified atom stereocenters. The van der Waals surface area contributed by atoms with Gasteiger partial charge in [0.2, 0.25) is 0 Å². The molecule has 0 rings (SSSR count). The molecular formula is C11H26N2O. The maximum Gasteiger partial charge on any atom is 0.0466 e. The molecule has 0 atom stereocenters. The number of nitrogens with one attached hydrogen (secondary N) is 2. The van der Waals surface area contributed by atoms with Gasteiger partial charge in [0.05, 0.1) is 0 Å². The largest absolute Gasteiger partial charge is 0.382 e. The summed E-state index contributed by atoms with van der Waals surface area (Å²) in [6.07, 6.45) is 3.62. The van der Waals surface area contributed by atoms with Crippen molar-refractivity contribution in [3.63, 3.8) is 0 Å². The van der Waals surface area contributed by atoms with Gasteiger partial charge < -0.3 is 15.4 Å². The molecule has 2 N–H and O–H groups in total. The van der Waals surface area contributed by atoms with Crippen LogP contribution in [0.2, 0.25) is 0 Å². The molecule has 86 valence electrons. The van der Waals surface area contributed by atoms with Gasteiger partial charge in [0.15, 0.2) is 0 Å². The lowest BCUT2D eigenvalue weighted by molar-refractivity contribution is 0.143. The molecule has 0 aliphatic rings.